The summed E-state index contributed by atoms with van der Waals surface area (Å²) in [5, 5.41) is 3.60. The molecule has 1 aliphatic rings. The van der Waals surface area contributed by atoms with Crippen LogP contribution in [-0.4, -0.2) is 36.1 Å². The molecule has 3 unspecified atom stereocenters. The number of likely N-dealkylation sites (tertiary alicyclic amines) is 1. The van der Waals surface area contributed by atoms with Crippen molar-refractivity contribution in [1.29, 1.82) is 0 Å². The highest BCUT2D eigenvalue weighted by atomic mass is 15.2. The van der Waals surface area contributed by atoms with Crippen molar-refractivity contribution in [3.63, 3.8) is 0 Å². The van der Waals surface area contributed by atoms with Gasteiger partial charge in [-0.2, -0.15) is 0 Å². The van der Waals surface area contributed by atoms with Gasteiger partial charge in [0.2, 0.25) is 0 Å². The van der Waals surface area contributed by atoms with Gasteiger partial charge in [0.25, 0.3) is 0 Å². The summed E-state index contributed by atoms with van der Waals surface area (Å²) < 4.78 is 0. The molecular weight excluding hydrogens is 172 g/mol. The Morgan fingerprint density at radius 2 is 2.36 bits per heavy atom. The Hall–Kier alpha value is -0.340. The van der Waals surface area contributed by atoms with Crippen molar-refractivity contribution in [3.8, 4) is 0 Å². The van der Waals surface area contributed by atoms with Crippen LogP contribution in [0.1, 0.15) is 33.6 Å². The van der Waals surface area contributed by atoms with Crippen molar-refractivity contribution in [3.05, 3.63) is 12.7 Å². The van der Waals surface area contributed by atoms with Gasteiger partial charge in [0.15, 0.2) is 0 Å². The third-order valence-electron chi connectivity index (χ3n) is 3.27. The van der Waals surface area contributed by atoms with Crippen LogP contribution in [-0.2, 0) is 0 Å². The minimum absolute atomic E-state index is 0.445. The third kappa shape index (κ3) is 3.10. The predicted octanol–water partition coefficient (Wildman–Crippen LogP) is 2.02. The monoisotopic (exact) mass is 196 g/mol. The van der Waals surface area contributed by atoms with Gasteiger partial charge < -0.3 is 10.2 Å². The molecule has 1 fully saturated rings. The Labute approximate surface area is 88.4 Å². The van der Waals surface area contributed by atoms with E-state index in [0.717, 1.165) is 6.04 Å². The summed E-state index contributed by atoms with van der Waals surface area (Å²) in [6.07, 6.45) is 4.53. The largest absolute Gasteiger partial charge is 0.308 e. The van der Waals surface area contributed by atoms with E-state index in [1.54, 1.807) is 0 Å². The second-order valence-electron chi connectivity index (χ2n) is 4.39. The van der Waals surface area contributed by atoms with E-state index in [0.29, 0.717) is 12.1 Å². The molecule has 14 heavy (non-hydrogen) atoms. The first-order chi connectivity index (χ1) is 6.67. The van der Waals surface area contributed by atoms with Crippen molar-refractivity contribution in [2.75, 3.05) is 13.1 Å². The summed E-state index contributed by atoms with van der Waals surface area (Å²) in [4.78, 5) is 2.55. The molecule has 0 amide bonds. The van der Waals surface area contributed by atoms with Crippen molar-refractivity contribution in [1.82, 2.24) is 10.2 Å². The topological polar surface area (TPSA) is 15.3 Å². The smallest absolute Gasteiger partial charge is 0.0221 e. The predicted molar refractivity (Wildman–Crippen MR) is 62.5 cm³/mol. The lowest BCUT2D eigenvalue weighted by Crippen LogP contribution is -2.48. The molecule has 0 aromatic heterocycles. The number of nitrogens with zero attached hydrogens (tertiary/aromatic N) is 1. The molecule has 82 valence electrons. The Morgan fingerprint density at radius 3 is 2.86 bits per heavy atom. The fourth-order valence-corrected chi connectivity index (χ4v) is 2.28. The summed E-state index contributed by atoms with van der Waals surface area (Å²) in [6.45, 7) is 13.0. The van der Waals surface area contributed by atoms with E-state index in [4.69, 9.17) is 0 Å². The summed E-state index contributed by atoms with van der Waals surface area (Å²) in [5.41, 5.74) is 0. The first-order valence-electron chi connectivity index (χ1n) is 5.80. The third-order valence-corrected chi connectivity index (χ3v) is 3.27. The van der Waals surface area contributed by atoms with Gasteiger partial charge in [-0.3, -0.25) is 0 Å². The molecule has 1 aliphatic heterocycles. The Balaban J connectivity index is 2.34. The molecule has 0 spiro atoms. The molecule has 1 saturated heterocycles. The quantitative estimate of drug-likeness (QED) is 0.692. The van der Waals surface area contributed by atoms with Gasteiger partial charge in [-0.25, -0.2) is 0 Å². The van der Waals surface area contributed by atoms with Crippen LogP contribution >= 0.6 is 0 Å². The Bertz CT molecular complexity index is 179. The number of nitrogens with one attached hydrogen (secondary N) is 1. The minimum Gasteiger partial charge on any atom is -0.308 e. The first-order valence-corrected chi connectivity index (χ1v) is 5.80. The first kappa shape index (κ1) is 11.7. The normalized spacial score (nSPS) is 31.4. The van der Waals surface area contributed by atoms with Crippen LogP contribution in [0.25, 0.3) is 0 Å². The molecule has 1 N–H and O–H groups in total. The second-order valence-corrected chi connectivity index (χ2v) is 4.39. The van der Waals surface area contributed by atoms with Gasteiger partial charge in [0.1, 0.15) is 0 Å². The average molecular weight is 196 g/mol. The van der Waals surface area contributed by atoms with Crippen molar-refractivity contribution in [2.24, 2.45) is 0 Å². The van der Waals surface area contributed by atoms with Crippen molar-refractivity contribution < 1.29 is 0 Å². The molecule has 0 aromatic rings. The number of rotatable bonds is 4. The van der Waals surface area contributed by atoms with E-state index in [-0.39, 0.29) is 0 Å². The highest BCUT2D eigenvalue weighted by Gasteiger charge is 2.24. The lowest BCUT2D eigenvalue weighted by atomic mass is 9.97. The van der Waals surface area contributed by atoms with Gasteiger partial charge in [0.05, 0.1) is 0 Å². The van der Waals surface area contributed by atoms with Crippen molar-refractivity contribution in [2.45, 2.75) is 51.7 Å². The van der Waals surface area contributed by atoms with Crippen LogP contribution in [0.5, 0.6) is 0 Å². The maximum Gasteiger partial charge on any atom is 0.0221 e. The fraction of sp³-hybridized carbons (Fsp3) is 0.833. The molecule has 0 radical (unpaired) electrons. The zero-order valence-electron chi connectivity index (χ0n) is 9.79. The van der Waals surface area contributed by atoms with Crippen LogP contribution in [0.3, 0.4) is 0 Å². The molecule has 3 atom stereocenters. The maximum absolute atomic E-state index is 3.80. The zero-order chi connectivity index (χ0) is 10.6. The van der Waals surface area contributed by atoms with Crippen LogP contribution in [0.2, 0.25) is 0 Å². The molecule has 0 bridgehead atoms. The van der Waals surface area contributed by atoms with Crippen LogP contribution in [0.4, 0.5) is 0 Å². The number of hydrogen-bond donors (Lipinski definition) is 1. The maximum atomic E-state index is 3.80. The molecular formula is C12H24N2. The molecule has 1 heterocycles. The zero-order valence-corrected chi connectivity index (χ0v) is 9.79. The van der Waals surface area contributed by atoms with Gasteiger partial charge in [-0.15, -0.1) is 6.58 Å². The van der Waals surface area contributed by atoms with Gasteiger partial charge in [-0.1, -0.05) is 13.0 Å². The average Bonchev–Trinajstić information content (AvgIpc) is 2.18. The van der Waals surface area contributed by atoms with E-state index in [2.05, 4.69) is 37.6 Å². The summed E-state index contributed by atoms with van der Waals surface area (Å²) in [7, 11) is 0. The lowest BCUT2D eigenvalue weighted by Gasteiger charge is -2.38. The van der Waals surface area contributed by atoms with Gasteiger partial charge >= 0.3 is 0 Å². The molecule has 2 nitrogen and oxygen atoms in total. The second kappa shape index (κ2) is 5.52. The van der Waals surface area contributed by atoms with Gasteiger partial charge in [0, 0.05) is 18.1 Å². The highest BCUT2D eigenvalue weighted by molar-refractivity contribution is 4.88. The van der Waals surface area contributed by atoms with E-state index in [9.17, 15) is 0 Å². The van der Waals surface area contributed by atoms with Crippen LogP contribution in [0, 0.1) is 0 Å². The molecule has 0 aromatic carbocycles. The lowest BCUT2D eigenvalue weighted by molar-refractivity contribution is 0.141. The summed E-state index contributed by atoms with van der Waals surface area (Å²) in [5.74, 6) is 0. The highest BCUT2D eigenvalue weighted by Crippen LogP contribution is 2.17. The molecule has 0 aliphatic carbocycles. The summed E-state index contributed by atoms with van der Waals surface area (Å²) >= 11 is 0. The number of hydrogen-bond acceptors (Lipinski definition) is 2. The molecule has 0 saturated carbocycles. The van der Waals surface area contributed by atoms with Crippen LogP contribution in [0.15, 0.2) is 12.7 Å². The van der Waals surface area contributed by atoms with E-state index in [1.165, 1.54) is 25.9 Å². The summed E-state index contributed by atoms with van der Waals surface area (Å²) in [6, 6.07) is 1.85. The van der Waals surface area contributed by atoms with E-state index in [1.807, 2.05) is 6.08 Å². The Morgan fingerprint density at radius 1 is 1.64 bits per heavy atom. The number of piperidine rings is 1. The molecule has 1 rings (SSSR count). The minimum atomic E-state index is 0.445. The Kier molecular flexibility index (Phi) is 4.63. The fourth-order valence-electron chi connectivity index (χ4n) is 2.28. The van der Waals surface area contributed by atoms with Gasteiger partial charge in [-0.05, 0) is 39.8 Å². The molecule has 2 heteroatoms. The standard InChI is InChI=1S/C12H24N2/c1-5-10(3)13-12-7-8-14(6-2)11(4)9-12/h5,10-13H,1,6-9H2,2-4H3. The van der Waals surface area contributed by atoms with Crippen molar-refractivity contribution >= 4 is 0 Å². The van der Waals surface area contributed by atoms with E-state index >= 15 is 0 Å². The SMILES string of the molecule is C=CC(C)NC1CCN(CC)C(C)C1. The van der Waals surface area contributed by atoms with E-state index < -0.39 is 0 Å². The van der Waals surface area contributed by atoms with Crippen LogP contribution < -0.4 is 5.32 Å².